The Hall–Kier alpha value is -3.33. The smallest absolute Gasteiger partial charge is 0.0893 e. The third kappa shape index (κ3) is 2.60. The molecule has 0 bridgehead atoms. The molecule has 0 aliphatic rings. The highest BCUT2D eigenvalue weighted by Gasteiger charge is 2.39. The summed E-state index contributed by atoms with van der Waals surface area (Å²) in [6, 6.07) is 33.2. The van der Waals surface area contributed by atoms with Gasteiger partial charge >= 0.3 is 0 Å². The van der Waals surface area contributed by atoms with E-state index in [1.54, 1.807) is 6.20 Å². The highest BCUT2D eigenvalue weighted by atomic mass is 15.3. The lowest BCUT2D eigenvalue weighted by Crippen LogP contribution is -2.32. The van der Waals surface area contributed by atoms with Gasteiger partial charge in [-0.25, -0.2) is 0 Å². The zero-order valence-electron chi connectivity index (χ0n) is 13.7. The van der Waals surface area contributed by atoms with Crippen LogP contribution in [0.4, 0.5) is 0 Å². The number of rotatable bonds is 4. The molecule has 0 saturated carbocycles. The second-order valence-electron chi connectivity index (χ2n) is 5.85. The second kappa shape index (κ2) is 6.65. The van der Waals surface area contributed by atoms with Gasteiger partial charge in [0.05, 0.1) is 17.3 Å². The average molecular weight is 323 g/mol. The van der Waals surface area contributed by atoms with Crippen LogP contribution in [0.1, 0.15) is 22.4 Å². The number of aromatic nitrogens is 3. The molecule has 0 amide bonds. The van der Waals surface area contributed by atoms with Crippen LogP contribution < -0.4 is 0 Å². The molecule has 3 aromatic carbocycles. The topological polar surface area (TPSA) is 38.7 Å². The first-order valence-corrected chi connectivity index (χ1v) is 8.24. The van der Waals surface area contributed by atoms with Crippen molar-refractivity contribution in [2.75, 3.05) is 0 Å². The molecule has 3 heteroatoms. The molecule has 1 heterocycles. The van der Waals surface area contributed by atoms with Crippen LogP contribution in [0.15, 0.2) is 103 Å². The van der Waals surface area contributed by atoms with E-state index in [2.05, 4.69) is 88.2 Å². The fourth-order valence-electron chi connectivity index (χ4n) is 3.45. The molecule has 0 aliphatic carbocycles. The summed E-state index contributed by atoms with van der Waals surface area (Å²) in [5.74, 6) is 0. The highest BCUT2D eigenvalue weighted by Crippen LogP contribution is 2.43. The molecule has 0 unspecified atom stereocenters. The molecule has 25 heavy (non-hydrogen) atoms. The van der Waals surface area contributed by atoms with Crippen LogP contribution in [0.5, 0.6) is 0 Å². The summed E-state index contributed by atoms with van der Waals surface area (Å²) in [6.07, 6.45) is 1.70. The van der Waals surface area contributed by atoms with Gasteiger partial charge in [-0.15, -0.1) is 10.2 Å². The van der Waals surface area contributed by atoms with E-state index >= 15 is 0 Å². The largest absolute Gasteiger partial charge is 0.139 e. The summed E-state index contributed by atoms with van der Waals surface area (Å²) in [7, 11) is 0. The van der Waals surface area contributed by atoms with Crippen molar-refractivity contribution in [3.63, 3.8) is 0 Å². The van der Waals surface area contributed by atoms with E-state index in [0.29, 0.717) is 0 Å². The third-order valence-electron chi connectivity index (χ3n) is 4.51. The van der Waals surface area contributed by atoms with Crippen molar-refractivity contribution in [3.05, 3.63) is 126 Å². The summed E-state index contributed by atoms with van der Waals surface area (Å²) < 4.78 is 0. The number of nitrogens with zero attached hydrogens (tertiary/aromatic N) is 3. The average Bonchev–Trinajstić information content (AvgIpc) is 2.72. The SMILES string of the molecule is c1ccc(C(c2ccccc2)(c2ccccc2)c2ccnnn2)cc1. The Labute approximate surface area is 147 Å². The first-order chi connectivity index (χ1) is 12.4. The fraction of sp³-hybridized carbons (Fsp3) is 0.0455. The minimum Gasteiger partial charge on any atom is -0.139 e. The molecule has 4 aromatic rings. The van der Waals surface area contributed by atoms with Crippen molar-refractivity contribution in [2.45, 2.75) is 5.41 Å². The molecule has 1 aromatic heterocycles. The Kier molecular flexibility index (Phi) is 4.05. The van der Waals surface area contributed by atoms with Crippen molar-refractivity contribution in [2.24, 2.45) is 0 Å². The minimum atomic E-state index is -0.542. The lowest BCUT2D eigenvalue weighted by molar-refractivity contribution is 0.672. The molecule has 0 fully saturated rings. The van der Waals surface area contributed by atoms with Gasteiger partial charge in [0, 0.05) is 0 Å². The Morgan fingerprint density at radius 3 is 1.32 bits per heavy atom. The Bertz CT molecular complexity index is 760. The van der Waals surface area contributed by atoms with Gasteiger partial charge in [-0.2, -0.15) is 0 Å². The van der Waals surface area contributed by atoms with Crippen LogP contribution in [0.25, 0.3) is 0 Å². The van der Waals surface area contributed by atoms with Gasteiger partial charge in [-0.05, 0) is 28.0 Å². The van der Waals surface area contributed by atoms with Crippen molar-refractivity contribution < 1.29 is 0 Å². The maximum atomic E-state index is 4.42. The summed E-state index contributed by atoms with van der Waals surface area (Å²) >= 11 is 0. The zero-order valence-corrected chi connectivity index (χ0v) is 13.7. The van der Waals surface area contributed by atoms with Gasteiger partial charge in [0.25, 0.3) is 0 Å². The van der Waals surface area contributed by atoms with Crippen molar-refractivity contribution in [1.29, 1.82) is 0 Å². The predicted octanol–water partition coefficient (Wildman–Crippen LogP) is 4.25. The Morgan fingerprint density at radius 2 is 0.960 bits per heavy atom. The molecule has 120 valence electrons. The van der Waals surface area contributed by atoms with Gasteiger partial charge in [-0.1, -0.05) is 91.0 Å². The van der Waals surface area contributed by atoms with E-state index in [1.165, 1.54) is 0 Å². The van der Waals surface area contributed by atoms with Crippen molar-refractivity contribution in [1.82, 2.24) is 15.4 Å². The lowest BCUT2D eigenvalue weighted by atomic mass is 9.67. The highest BCUT2D eigenvalue weighted by molar-refractivity contribution is 5.57. The maximum absolute atomic E-state index is 4.42. The van der Waals surface area contributed by atoms with Crippen molar-refractivity contribution >= 4 is 0 Å². The van der Waals surface area contributed by atoms with Gasteiger partial charge in [0.15, 0.2) is 0 Å². The van der Waals surface area contributed by atoms with Crippen LogP contribution in [-0.2, 0) is 5.41 Å². The van der Waals surface area contributed by atoms with Crippen LogP contribution >= 0.6 is 0 Å². The normalized spacial score (nSPS) is 11.2. The maximum Gasteiger partial charge on any atom is 0.0893 e. The van der Waals surface area contributed by atoms with E-state index in [1.807, 2.05) is 24.3 Å². The van der Waals surface area contributed by atoms with Gasteiger partial charge in [-0.3, -0.25) is 0 Å². The van der Waals surface area contributed by atoms with E-state index in [4.69, 9.17) is 0 Å². The van der Waals surface area contributed by atoms with E-state index in [-0.39, 0.29) is 0 Å². The van der Waals surface area contributed by atoms with Crippen molar-refractivity contribution in [3.8, 4) is 0 Å². The molecule has 3 nitrogen and oxygen atoms in total. The molecule has 0 atom stereocenters. The third-order valence-corrected chi connectivity index (χ3v) is 4.51. The molecule has 0 radical (unpaired) electrons. The molecular weight excluding hydrogens is 306 g/mol. The number of hydrogen-bond donors (Lipinski definition) is 0. The number of benzene rings is 3. The van der Waals surface area contributed by atoms with E-state index < -0.39 is 5.41 Å². The molecule has 0 saturated heterocycles. The van der Waals surface area contributed by atoms with Gasteiger partial charge in [0.1, 0.15) is 0 Å². The lowest BCUT2D eigenvalue weighted by Gasteiger charge is -2.34. The van der Waals surface area contributed by atoms with Crippen LogP contribution in [-0.4, -0.2) is 15.4 Å². The summed E-state index contributed by atoms with van der Waals surface area (Å²) in [5.41, 5.74) is 3.75. The summed E-state index contributed by atoms with van der Waals surface area (Å²) in [5, 5.41) is 12.2. The first kappa shape index (κ1) is 15.2. The summed E-state index contributed by atoms with van der Waals surface area (Å²) in [4.78, 5) is 0. The first-order valence-electron chi connectivity index (χ1n) is 8.24. The van der Waals surface area contributed by atoms with E-state index in [9.17, 15) is 0 Å². The van der Waals surface area contributed by atoms with Gasteiger partial charge in [0.2, 0.25) is 0 Å². The standard InChI is InChI=1S/C22H17N3/c1-4-10-18(11-5-1)22(19-12-6-2-7-13-19,20-14-8-3-9-15-20)21-16-17-23-25-24-21/h1-17H. The molecule has 0 spiro atoms. The van der Waals surface area contributed by atoms with E-state index in [0.717, 1.165) is 22.4 Å². The zero-order chi connectivity index (χ0) is 17.0. The Morgan fingerprint density at radius 1 is 0.520 bits per heavy atom. The quantitative estimate of drug-likeness (QED) is 0.527. The number of hydrogen-bond acceptors (Lipinski definition) is 3. The fourth-order valence-corrected chi connectivity index (χ4v) is 3.45. The van der Waals surface area contributed by atoms with Crippen LogP contribution in [0, 0.1) is 0 Å². The monoisotopic (exact) mass is 323 g/mol. The molecule has 4 rings (SSSR count). The summed E-state index contributed by atoms with van der Waals surface area (Å²) in [6.45, 7) is 0. The molecule has 0 aliphatic heterocycles. The van der Waals surface area contributed by atoms with Crippen LogP contribution in [0.3, 0.4) is 0 Å². The molecular formula is C22H17N3. The minimum absolute atomic E-state index is 0.542. The predicted molar refractivity (Wildman–Crippen MR) is 98.1 cm³/mol. The second-order valence-corrected chi connectivity index (χ2v) is 5.85. The van der Waals surface area contributed by atoms with Gasteiger partial charge < -0.3 is 0 Å². The van der Waals surface area contributed by atoms with Crippen LogP contribution in [0.2, 0.25) is 0 Å². The molecule has 0 N–H and O–H groups in total. The Balaban J connectivity index is 2.13.